The van der Waals surface area contributed by atoms with Gasteiger partial charge in [-0.15, -0.1) is 0 Å². The lowest BCUT2D eigenvalue weighted by Gasteiger charge is -2.12. The molecule has 0 aliphatic heterocycles. The maximum atomic E-state index is 12.8. The molecule has 1 atom stereocenters. The van der Waals surface area contributed by atoms with Crippen molar-refractivity contribution in [1.82, 2.24) is 15.1 Å². The van der Waals surface area contributed by atoms with Crippen molar-refractivity contribution in [3.63, 3.8) is 0 Å². The van der Waals surface area contributed by atoms with Crippen molar-refractivity contribution in [1.29, 1.82) is 0 Å². The lowest BCUT2D eigenvalue weighted by molar-refractivity contribution is 0.102. The minimum Gasteiger partial charge on any atom is -0.507 e. The van der Waals surface area contributed by atoms with Gasteiger partial charge in [0.15, 0.2) is 0 Å². The van der Waals surface area contributed by atoms with Gasteiger partial charge in [-0.1, -0.05) is 36.2 Å². The van der Waals surface area contributed by atoms with Gasteiger partial charge < -0.3 is 15.7 Å². The molecule has 2 amide bonds. The van der Waals surface area contributed by atoms with Crippen LogP contribution in [0.5, 0.6) is 5.75 Å². The van der Waals surface area contributed by atoms with E-state index in [9.17, 15) is 14.7 Å². The Labute approximate surface area is 201 Å². The summed E-state index contributed by atoms with van der Waals surface area (Å²) < 4.78 is 1.38. The van der Waals surface area contributed by atoms with Gasteiger partial charge in [-0.3, -0.25) is 4.79 Å². The number of benzene rings is 2. The van der Waals surface area contributed by atoms with Crippen molar-refractivity contribution < 1.29 is 14.7 Å². The van der Waals surface area contributed by atoms with Crippen LogP contribution in [0, 0.1) is 0 Å². The summed E-state index contributed by atoms with van der Waals surface area (Å²) >= 11 is 12.3. The predicted molar refractivity (Wildman–Crippen MR) is 129 cm³/mol. The van der Waals surface area contributed by atoms with Crippen LogP contribution in [0.2, 0.25) is 10.0 Å². The third-order valence-electron chi connectivity index (χ3n) is 5.63. The number of hydrogen-bond donors (Lipinski definition) is 3. The number of halogens is 2. The van der Waals surface area contributed by atoms with Crippen molar-refractivity contribution >= 4 is 40.8 Å². The average molecular weight is 487 g/mol. The second kappa shape index (κ2) is 9.45. The molecule has 172 valence electrons. The lowest BCUT2D eigenvalue weighted by Crippen LogP contribution is -2.36. The smallest absolute Gasteiger partial charge is 0.342 e. The van der Waals surface area contributed by atoms with Crippen molar-refractivity contribution in [3.8, 4) is 17.0 Å². The maximum absolute atomic E-state index is 12.8. The topological polar surface area (TPSA) is 96.3 Å². The highest BCUT2D eigenvalue weighted by Gasteiger charge is 2.31. The van der Waals surface area contributed by atoms with E-state index >= 15 is 0 Å². The molecule has 4 rings (SSSR count). The second-order valence-corrected chi connectivity index (χ2v) is 9.00. The molecule has 0 bridgehead atoms. The van der Waals surface area contributed by atoms with E-state index in [1.54, 1.807) is 30.3 Å². The van der Waals surface area contributed by atoms with Gasteiger partial charge in [-0.05, 0) is 62.6 Å². The van der Waals surface area contributed by atoms with E-state index in [4.69, 9.17) is 23.2 Å². The largest absolute Gasteiger partial charge is 0.507 e. The van der Waals surface area contributed by atoms with Crippen molar-refractivity contribution in [2.75, 3.05) is 5.32 Å². The Morgan fingerprint density at radius 1 is 1.18 bits per heavy atom. The third-order valence-corrected chi connectivity index (χ3v) is 6.26. The van der Waals surface area contributed by atoms with Gasteiger partial charge in [0.25, 0.3) is 5.91 Å². The summed E-state index contributed by atoms with van der Waals surface area (Å²) in [5.41, 5.74) is 2.24. The third kappa shape index (κ3) is 4.99. The fraction of sp³-hybridized carbons (Fsp3) is 0.292. The lowest BCUT2D eigenvalue weighted by atomic mass is 10.1. The van der Waals surface area contributed by atoms with E-state index in [0.717, 1.165) is 25.0 Å². The van der Waals surface area contributed by atoms with E-state index in [1.807, 2.05) is 19.9 Å². The summed E-state index contributed by atoms with van der Waals surface area (Å²) in [6, 6.07) is 11.0. The van der Waals surface area contributed by atoms with Crippen LogP contribution in [0.25, 0.3) is 11.3 Å². The number of rotatable bonds is 6. The monoisotopic (exact) mass is 486 g/mol. The first kappa shape index (κ1) is 23.1. The Morgan fingerprint density at radius 3 is 2.52 bits per heavy atom. The summed E-state index contributed by atoms with van der Waals surface area (Å²) in [6.45, 7) is 3.93. The first-order chi connectivity index (χ1) is 15.8. The number of phenols is 1. The van der Waals surface area contributed by atoms with E-state index in [2.05, 4.69) is 15.7 Å². The number of nitrogens with one attached hydrogen (secondary N) is 2. The molecule has 1 aliphatic rings. The Morgan fingerprint density at radius 2 is 1.88 bits per heavy atom. The van der Waals surface area contributed by atoms with Crippen LogP contribution < -0.4 is 10.6 Å². The van der Waals surface area contributed by atoms with E-state index in [0.29, 0.717) is 16.9 Å². The fourth-order valence-electron chi connectivity index (χ4n) is 3.46. The number of carbonyl (C=O) groups excluding carboxylic acids is 2. The number of aromatic nitrogens is 2. The molecule has 1 unspecified atom stereocenters. The van der Waals surface area contributed by atoms with Gasteiger partial charge in [0.1, 0.15) is 5.75 Å². The molecule has 0 radical (unpaired) electrons. The number of nitrogens with zero attached hydrogens (tertiary/aromatic N) is 2. The van der Waals surface area contributed by atoms with Crippen LogP contribution in [0.15, 0.2) is 42.5 Å². The fourth-order valence-corrected chi connectivity index (χ4v) is 4.03. The van der Waals surface area contributed by atoms with Crippen molar-refractivity contribution in [2.24, 2.45) is 0 Å². The van der Waals surface area contributed by atoms with Crippen molar-refractivity contribution in [3.05, 3.63) is 63.8 Å². The zero-order valence-corrected chi connectivity index (χ0v) is 19.7. The van der Waals surface area contributed by atoms with Crippen LogP contribution in [0.3, 0.4) is 0 Å². The molecule has 3 N–H and O–H groups in total. The van der Waals surface area contributed by atoms with Crippen LogP contribution in [0.4, 0.5) is 10.5 Å². The molecule has 3 aromatic rings. The van der Waals surface area contributed by atoms with E-state index < -0.39 is 5.91 Å². The van der Waals surface area contributed by atoms with Gasteiger partial charge in [0.2, 0.25) is 0 Å². The van der Waals surface area contributed by atoms with Gasteiger partial charge in [0, 0.05) is 23.2 Å². The van der Waals surface area contributed by atoms with Gasteiger partial charge in [-0.2, -0.15) is 9.78 Å². The van der Waals surface area contributed by atoms with Crippen LogP contribution in [-0.4, -0.2) is 32.9 Å². The Balaban J connectivity index is 1.65. The first-order valence-electron chi connectivity index (χ1n) is 10.8. The van der Waals surface area contributed by atoms with Gasteiger partial charge in [0.05, 0.1) is 27.0 Å². The summed E-state index contributed by atoms with van der Waals surface area (Å²) in [7, 11) is 0. The standard InChI is InChI=1S/C24H24Cl2N4O3/c1-3-13(2)27-24(33)30-20(14-7-8-14)12-19(29-30)16-11-15(9-10-21(16)31)28-23(32)22-17(25)5-4-6-18(22)26/h4-6,9-14,31H,3,7-8H2,1-2H3,(H,27,33)(H,28,32). The summed E-state index contributed by atoms with van der Waals surface area (Å²) in [4.78, 5) is 25.5. The minimum absolute atomic E-state index is 0.0146. The molecular weight excluding hydrogens is 463 g/mol. The average Bonchev–Trinajstić information content (AvgIpc) is 3.53. The van der Waals surface area contributed by atoms with E-state index in [1.165, 1.54) is 10.7 Å². The summed E-state index contributed by atoms with van der Waals surface area (Å²) in [5.74, 6) is -0.223. The molecule has 1 saturated carbocycles. The SMILES string of the molecule is CCC(C)NC(=O)n1nc(-c2cc(NC(=O)c3c(Cl)cccc3Cl)ccc2O)cc1C1CC1. The van der Waals surface area contributed by atoms with Crippen LogP contribution in [-0.2, 0) is 0 Å². The molecule has 0 spiro atoms. The van der Waals surface area contributed by atoms with Gasteiger partial charge in [-0.25, -0.2) is 4.79 Å². The van der Waals surface area contributed by atoms with Crippen LogP contribution in [0.1, 0.15) is 55.1 Å². The van der Waals surface area contributed by atoms with E-state index in [-0.39, 0.29) is 39.3 Å². The van der Waals surface area contributed by atoms with Gasteiger partial charge >= 0.3 is 6.03 Å². The highest BCUT2D eigenvalue weighted by molar-refractivity contribution is 6.40. The molecule has 1 aliphatic carbocycles. The number of aromatic hydroxyl groups is 1. The molecule has 7 nitrogen and oxygen atoms in total. The summed E-state index contributed by atoms with van der Waals surface area (Å²) in [6.07, 6.45) is 2.78. The Hall–Kier alpha value is -3.03. The van der Waals surface area contributed by atoms with Crippen LogP contribution >= 0.6 is 23.2 Å². The number of phenolic OH excluding ortho intramolecular Hbond substituents is 1. The molecule has 1 fully saturated rings. The zero-order valence-electron chi connectivity index (χ0n) is 18.2. The molecule has 9 heteroatoms. The maximum Gasteiger partial charge on any atom is 0.342 e. The summed E-state index contributed by atoms with van der Waals surface area (Å²) in [5, 5.41) is 21.1. The molecule has 33 heavy (non-hydrogen) atoms. The molecule has 1 aromatic heterocycles. The molecule has 2 aromatic carbocycles. The number of carbonyl (C=O) groups is 2. The quantitative estimate of drug-likeness (QED) is 0.369. The first-order valence-corrected chi connectivity index (χ1v) is 11.5. The normalized spacial score (nSPS) is 14.1. The Bertz CT molecular complexity index is 1200. The zero-order chi connectivity index (χ0) is 23.7. The minimum atomic E-state index is -0.473. The number of anilines is 1. The highest BCUT2D eigenvalue weighted by atomic mass is 35.5. The number of hydrogen-bond acceptors (Lipinski definition) is 4. The Kier molecular flexibility index (Phi) is 6.63. The van der Waals surface area contributed by atoms with Crippen molar-refractivity contribution in [2.45, 2.75) is 45.1 Å². The molecule has 1 heterocycles. The second-order valence-electron chi connectivity index (χ2n) is 8.18. The predicted octanol–water partition coefficient (Wildman–Crippen LogP) is 6.05. The number of amides is 2. The molecular formula is C24H24Cl2N4O3. The molecule has 0 saturated heterocycles. The highest BCUT2D eigenvalue weighted by Crippen LogP contribution is 2.42.